The van der Waals surface area contributed by atoms with Crippen LogP contribution in [-0.4, -0.2) is 25.7 Å². The summed E-state index contributed by atoms with van der Waals surface area (Å²) in [6.07, 6.45) is 1.93. The number of amides is 1. The van der Waals surface area contributed by atoms with Crippen molar-refractivity contribution in [1.82, 2.24) is 0 Å². The summed E-state index contributed by atoms with van der Waals surface area (Å²) < 4.78 is 11.4. The van der Waals surface area contributed by atoms with E-state index in [-0.39, 0.29) is 12.5 Å². The Balaban J connectivity index is 1.39. The van der Waals surface area contributed by atoms with Crippen molar-refractivity contribution in [3.8, 4) is 11.5 Å². The van der Waals surface area contributed by atoms with E-state index < -0.39 is 0 Å². The Bertz CT molecular complexity index is 1000. The van der Waals surface area contributed by atoms with Crippen molar-refractivity contribution in [3.05, 3.63) is 96.6 Å². The number of carbonyl (C=O) groups excluding carboxylic acids is 1. The minimum Gasteiger partial charge on any atom is -0.494 e. The highest BCUT2D eigenvalue weighted by Crippen LogP contribution is 2.19. The third-order valence-electron chi connectivity index (χ3n) is 4.63. The molecule has 1 amide bonds. The number of nitrogens with one attached hydrogen (secondary N) is 2. The van der Waals surface area contributed by atoms with Crippen LogP contribution in [0, 0.1) is 0 Å². The fourth-order valence-corrected chi connectivity index (χ4v) is 3.04. The summed E-state index contributed by atoms with van der Waals surface area (Å²) in [7, 11) is 0. The lowest BCUT2D eigenvalue weighted by molar-refractivity contribution is -0.114. The molecule has 0 radical (unpaired) electrons. The van der Waals surface area contributed by atoms with Crippen molar-refractivity contribution in [2.45, 2.75) is 19.8 Å². The molecule has 0 spiro atoms. The van der Waals surface area contributed by atoms with Gasteiger partial charge < -0.3 is 20.1 Å². The van der Waals surface area contributed by atoms with Gasteiger partial charge in [0.25, 0.3) is 0 Å². The molecular weight excluding hydrogens is 400 g/mol. The van der Waals surface area contributed by atoms with Crippen LogP contribution in [0.4, 0.5) is 11.4 Å². The van der Waals surface area contributed by atoms with E-state index in [2.05, 4.69) is 41.5 Å². The van der Waals surface area contributed by atoms with Crippen molar-refractivity contribution < 1.29 is 14.3 Å². The lowest BCUT2D eigenvalue weighted by Crippen LogP contribution is -2.21. The molecule has 0 fully saturated rings. The molecule has 0 saturated carbocycles. The number of rotatable bonds is 12. The van der Waals surface area contributed by atoms with Gasteiger partial charge in [-0.15, -0.1) is 0 Å². The van der Waals surface area contributed by atoms with Crippen LogP contribution >= 0.6 is 0 Å². The number of ether oxygens (including phenoxy) is 2. The zero-order chi connectivity index (χ0) is 22.6. The molecule has 0 aliphatic heterocycles. The van der Waals surface area contributed by atoms with Gasteiger partial charge in [-0.3, -0.25) is 4.79 Å². The molecule has 0 heterocycles. The van der Waals surface area contributed by atoms with E-state index in [1.807, 2.05) is 61.5 Å². The number of hydrogen-bond donors (Lipinski definition) is 2. The third-order valence-corrected chi connectivity index (χ3v) is 4.63. The van der Waals surface area contributed by atoms with Gasteiger partial charge in [-0.2, -0.15) is 0 Å². The molecule has 0 aliphatic carbocycles. The van der Waals surface area contributed by atoms with E-state index in [0.29, 0.717) is 13.2 Å². The highest BCUT2D eigenvalue weighted by Gasteiger charge is 2.04. The van der Waals surface area contributed by atoms with Crippen molar-refractivity contribution in [3.63, 3.8) is 0 Å². The summed E-state index contributed by atoms with van der Waals surface area (Å²) in [4.78, 5) is 12.3. The molecule has 5 heteroatoms. The second kappa shape index (κ2) is 12.2. The van der Waals surface area contributed by atoms with Crippen LogP contribution in [0.3, 0.4) is 0 Å². The molecule has 0 bridgehead atoms. The topological polar surface area (TPSA) is 59.6 Å². The van der Waals surface area contributed by atoms with Crippen molar-refractivity contribution in [1.29, 1.82) is 0 Å². The summed E-state index contributed by atoms with van der Waals surface area (Å²) in [5, 5.41) is 6.01. The van der Waals surface area contributed by atoms with Crippen LogP contribution in [0.2, 0.25) is 0 Å². The molecule has 5 nitrogen and oxygen atoms in total. The Morgan fingerprint density at radius 3 is 2.41 bits per heavy atom. The second-order valence-corrected chi connectivity index (χ2v) is 7.64. The van der Waals surface area contributed by atoms with Gasteiger partial charge in [0, 0.05) is 17.4 Å². The van der Waals surface area contributed by atoms with E-state index >= 15 is 0 Å². The van der Waals surface area contributed by atoms with Crippen LogP contribution in [-0.2, 0) is 11.2 Å². The first-order chi connectivity index (χ1) is 15.6. The Hall–Kier alpha value is -3.73. The molecule has 3 rings (SSSR count). The smallest absolute Gasteiger partial charge is 0.243 e. The van der Waals surface area contributed by atoms with Crippen molar-refractivity contribution >= 4 is 17.3 Å². The largest absolute Gasteiger partial charge is 0.494 e. The van der Waals surface area contributed by atoms with Crippen LogP contribution in [0.25, 0.3) is 0 Å². The van der Waals surface area contributed by atoms with E-state index in [0.717, 1.165) is 41.3 Å². The van der Waals surface area contributed by atoms with Crippen molar-refractivity contribution in [2.24, 2.45) is 0 Å². The molecule has 2 N–H and O–H groups in total. The van der Waals surface area contributed by atoms with E-state index in [1.165, 1.54) is 5.56 Å². The maximum absolute atomic E-state index is 12.3. The zero-order valence-corrected chi connectivity index (χ0v) is 18.5. The van der Waals surface area contributed by atoms with E-state index in [4.69, 9.17) is 9.47 Å². The maximum atomic E-state index is 12.3. The number of aryl methyl sites for hydroxylation is 1. The average molecular weight is 431 g/mol. The Morgan fingerprint density at radius 1 is 0.875 bits per heavy atom. The molecule has 0 unspecified atom stereocenters. The van der Waals surface area contributed by atoms with Crippen LogP contribution < -0.4 is 20.1 Å². The molecule has 0 aromatic heterocycles. The lowest BCUT2D eigenvalue weighted by atomic mass is 10.1. The first-order valence-corrected chi connectivity index (χ1v) is 10.8. The summed E-state index contributed by atoms with van der Waals surface area (Å²) in [6.45, 7) is 7.00. The number of benzene rings is 3. The van der Waals surface area contributed by atoms with Gasteiger partial charge in [-0.1, -0.05) is 43.0 Å². The van der Waals surface area contributed by atoms with Gasteiger partial charge in [0.2, 0.25) is 5.91 Å². The normalized spacial score (nSPS) is 10.3. The number of anilines is 2. The van der Waals surface area contributed by atoms with Crippen LogP contribution in [0.1, 0.15) is 18.9 Å². The minimum atomic E-state index is -0.130. The molecule has 0 saturated heterocycles. The SMILES string of the molecule is C=C(C)COc1ccc(NC(=O)CNc2cccc(OCCCc3ccccc3)c2)cc1. The lowest BCUT2D eigenvalue weighted by Gasteiger charge is -2.11. The summed E-state index contributed by atoms with van der Waals surface area (Å²) in [5.74, 6) is 1.40. The predicted octanol–water partition coefficient (Wildman–Crippen LogP) is 5.70. The monoisotopic (exact) mass is 430 g/mol. The minimum absolute atomic E-state index is 0.130. The highest BCUT2D eigenvalue weighted by atomic mass is 16.5. The summed E-state index contributed by atoms with van der Waals surface area (Å²) in [5.41, 5.74) is 3.82. The standard InChI is InChI=1S/C27H30N2O3/c1-21(2)20-32-25-15-13-23(14-16-25)29-27(30)19-28-24-11-6-12-26(18-24)31-17-7-10-22-8-4-3-5-9-22/h3-6,8-9,11-16,18,28H,1,7,10,17,19-20H2,2H3,(H,29,30). The van der Waals surface area contributed by atoms with Crippen LogP contribution in [0.5, 0.6) is 11.5 Å². The van der Waals surface area contributed by atoms with E-state index in [1.54, 1.807) is 0 Å². The molecule has 32 heavy (non-hydrogen) atoms. The third kappa shape index (κ3) is 8.19. The molecule has 166 valence electrons. The van der Waals surface area contributed by atoms with Crippen LogP contribution in [0.15, 0.2) is 91.0 Å². The highest BCUT2D eigenvalue weighted by molar-refractivity contribution is 5.93. The number of carbonyl (C=O) groups is 1. The van der Waals surface area contributed by atoms with Gasteiger partial charge >= 0.3 is 0 Å². The molecule has 3 aromatic rings. The Morgan fingerprint density at radius 2 is 1.66 bits per heavy atom. The summed E-state index contributed by atoms with van der Waals surface area (Å²) >= 11 is 0. The summed E-state index contributed by atoms with van der Waals surface area (Å²) in [6, 6.07) is 25.3. The average Bonchev–Trinajstić information content (AvgIpc) is 2.81. The van der Waals surface area contributed by atoms with Gasteiger partial charge in [0.1, 0.15) is 18.1 Å². The molecule has 0 aliphatic rings. The van der Waals surface area contributed by atoms with E-state index in [9.17, 15) is 4.79 Å². The van der Waals surface area contributed by atoms with Gasteiger partial charge in [-0.05, 0) is 67.3 Å². The fourth-order valence-electron chi connectivity index (χ4n) is 3.04. The number of hydrogen-bond acceptors (Lipinski definition) is 4. The van der Waals surface area contributed by atoms with Gasteiger partial charge in [0.15, 0.2) is 0 Å². The maximum Gasteiger partial charge on any atom is 0.243 e. The van der Waals surface area contributed by atoms with Gasteiger partial charge in [0.05, 0.1) is 13.2 Å². The fraction of sp³-hybridized carbons (Fsp3) is 0.222. The second-order valence-electron chi connectivity index (χ2n) is 7.64. The molecule has 3 aromatic carbocycles. The molecule has 0 atom stereocenters. The quantitative estimate of drug-likeness (QED) is 0.286. The molecular formula is C27H30N2O3. The Labute approximate surface area is 190 Å². The first-order valence-electron chi connectivity index (χ1n) is 10.8. The predicted molar refractivity (Wildman–Crippen MR) is 131 cm³/mol. The Kier molecular flexibility index (Phi) is 8.75. The van der Waals surface area contributed by atoms with Gasteiger partial charge in [-0.25, -0.2) is 0 Å². The first kappa shape index (κ1) is 22.9. The van der Waals surface area contributed by atoms with Crippen molar-refractivity contribution in [2.75, 3.05) is 30.4 Å². The zero-order valence-electron chi connectivity index (χ0n) is 18.5.